The van der Waals surface area contributed by atoms with E-state index in [2.05, 4.69) is 15.4 Å². The van der Waals surface area contributed by atoms with E-state index in [1.165, 1.54) is 11.6 Å². The number of carbonyl (C=O) groups excluding carboxylic acids is 1. The molecule has 1 aromatic carbocycles. The number of carbonyl (C=O) groups is 1. The average molecular weight is 292 g/mol. The molecule has 2 aromatic heterocycles. The van der Waals surface area contributed by atoms with E-state index in [0.29, 0.717) is 12.4 Å². The first-order chi connectivity index (χ1) is 10.7. The van der Waals surface area contributed by atoms with Crippen molar-refractivity contribution < 1.29 is 4.79 Å². The predicted molar refractivity (Wildman–Crippen MR) is 85.5 cm³/mol. The fourth-order valence-corrected chi connectivity index (χ4v) is 2.19. The molecule has 1 N–H and O–H groups in total. The Bertz CT molecular complexity index is 766. The van der Waals surface area contributed by atoms with Gasteiger partial charge in [0, 0.05) is 37.5 Å². The van der Waals surface area contributed by atoms with E-state index in [9.17, 15) is 4.79 Å². The Hall–Kier alpha value is -2.95. The number of pyridine rings is 1. The molecule has 0 fully saturated rings. The van der Waals surface area contributed by atoms with E-state index in [-0.39, 0.29) is 5.91 Å². The fourth-order valence-electron chi connectivity index (χ4n) is 2.19. The van der Waals surface area contributed by atoms with Crippen molar-refractivity contribution in [1.82, 2.24) is 14.8 Å². The first-order valence-electron chi connectivity index (χ1n) is 7.03. The van der Waals surface area contributed by atoms with Gasteiger partial charge >= 0.3 is 0 Å². The standard InChI is InChI=1S/C17H16N4O/c1-13(22)21-17(19-11-14-6-3-2-4-7-14)10-16(20-21)15-8-5-9-18-12-15/h2-10,12,19H,11H2,1H3. The summed E-state index contributed by atoms with van der Waals surface area (Å²) in [5, 5.41) is 7.62. The molecule has 0 saturated heterocycles. The Labute approximate surface area is 128 Å². The highest BCUT2D eigenvalue weighted by Crippen LogP contribution is 2.21. The molecule has 0 amide bonds. The van der Waals surface area contributed by atoms with Crippen molar-refractivity contribution in [3.63, 3.8) is 0 Å². The Kier molecular flexibility index (Phi) is 3.96. The van der Waals surface area contributed by atoms with Crippen LogP contribution in [-0.4, -0.2) is 20.7 Å². The summed E-state index contributed by atoms with van der Waals surface area (Å²) < 4.78 is 1.38. The van der Waals surface area contributed by atoms with Crippen molar-refractivity contribution >= 4 is 11.7 Å². The van der Waals surface area contributed by atoms with Crippen LogP contribution in [0.25, 0.3) is 11.3 Å². The highest BCUT2D eigenvalue weighted by molar-refractivity contribution is 5.80. The van der Waals surface area contributed by atoms with Crippen LogP contribution in [0, 0.1) is 0 Å². The van der Waals surface area contributed by atoms with E-state index in [0.717, 1.165) is 16.8 Å². The second kappa shape index (κ2) is 6.22. The molecule has 0 saturated carbocycles. The highest BCUT2D eigenvalue weighted by Gasteiger charge is 2.12. The summed E-state index contributed by atoms with van der Waals surface area (Å²) in [5.41, 5.74) is 2.74. The normalized spacial score (nSPS) is 10.4. The molecule has 0 aliphatic heterocycles. The molecule has 0 aliphatic rings. The number of aromatic nitrogens is 3. The van der Waals surface area contributed by atoms with E-state index < -0.39 is 0 Å². The van der Waals surface area contributed by atoms with Crippen molar-refractivity contribution in [3.05, 3.63) is 66.5 Å². The van der Waals surface area contributed by atoms with E-state index in [1.807, 2.05) is 48.5 Å². The Balaban J connectivity index is 1.86. The second-order valence-corrected chi connectivity index (χ2v) is 4.93. The van der Waals surface area contributed by atoms with Gasteiger partial charge in [0.1, 0.15) is 5.82 Å². The Morgan fingerprint density at radius 2 is 2.00 bits per heavy atom. The summed E-state index contributed by atoms with van der Waals surface area (Å²) >= 11 is 0. The van der Waals surface area contributed by atoms with Crippen LogP contribution in [0.4, 0.5) is 5.82 Å². The van der Waals surface area contributed by atoms with Crippen LogP contribution in [-0.2, 0) is 6.54 Å². The number of nitrogens with zero attached hydrogens (tertiary/aromatic N) is 3. The summed E-state index contributed by atoms with van der Waals surface area (Å²) in [4.78, 5) is 15.9. The molecule has 0 unspecified atom stereocenters. The topological polar surface area (TPSA) is 59.8 Å². The van der Waals surface area contributed by atoms with Gasteiger partial charge in [-0.1, -0.05) is 30.3 Å². The minimum Gasteiger partial charge on any atom is -0.366 e. The molecule has 5 nitrogen and oxygen atoms in total. The summed E-state index contributed by atoms with van der Waals surface area (Å²) in [6, 6.07) is 15.6. The van der Waals surface area contributed by atoms with Gasteiger partial charge in [0.2, 0.25) is 5.91 Å². The number of nitrogens with one attached hydrogen (secondary N) is 1. The highest BCUT2D eigenvalue weighted by atomic mass is 16.2. The van der Waals surface area contributed by atoms with Crippen molar-refractivity contribution in [1.29, 1.82) is 0 Å². The molecule has 0 radical (unpaired) electrons. The predicted octanol–water partition coefficient (Wildman–Crippen LogP) is 3.22. The molecular formula is C17H16N4O. The summed E-state index contributed by atoms with van der Waals surface area (Å²) in [7, 11) is 0. The largest absolute Gasteiger partial charge is 0.366 e. The Morgan fingerprint density at radius 1 is 1.18 bits per heavy atom. The van der Waals surface area contributed by atoms with Gasteiger partial charge in [0.25, 0.3) is 0 Å². The van der Waals surface area contributed by atoms with Crippen LogP contribution < -0.4 is 5.32 Å². The van der Waals surface area contributed by atoms with Gasteiger partial charge in [-0.3, -0.25) is 9.78 Å². The van der Waals surface area contributed by atoms with Gasteiger partial charge in [-0.15, -0.1) is 0 Å². The number of anilines is 1. The zero-order valence-electron chi connectivity index (χ0n) is 12.2. The monoisotopic (exact) mass is 292 g/mol. The SMILES string of the molecule is CC(=O)n1nc(-c2cccnc2)cc1NCc1ccccc1. The molecule has 0 atom stereocenters. The summed E-state index contributed by atoms with van der Waals surface area (Å²) in [5.74, 6) is 0.543. The van der Waals surface area contributed by atoms with Crippen molar-refractivity contribution in [2.75, 3.05) is 5.32 Å². The maximum Gasteiger partial charge on any atom is 0.245 e. The molecule has 0 spiro atoms. The Morgan fingerprint density at radius 3 is 2.68 bits per heavy atom. The molecule has 3 rings (SSSR count). The number of rotatable bonds is 4. The van der Waals surface area contributed by atoms with Crippen LogP contribution in [0.15, 0.2) is 60.9 Å². The zero-order chi connectivity index (χ0) is 15.4. The third kappa shape index (κ3) is 3.03. The summed E-state index contributed by atoms with van der Waals surface area (Å²) in [6.45, 7) is 2.13. The lowest BCUT2D eigenvalue weighted by Crippen LogP contribution is -2.12. The van der Waals surface area contributed by atoms with E-state index >= 15 is 0 Å². The molecule has 5 heteroatoms. The minimum atomic E-state index is -0.134. The lowest BCUT2D eigenvalue weighted by Gasteiger charge is -2.06. The zero-order valence-corrected chi connectivity index (χ0v) is 12.2. The maximum absolute atomic E-state index is 11.8. The molecule has 110 valence electrons. The molecule has 2 heterocycles. The second-order valence-electron chi connectivity index (χ2n) is 4.93. The lowest BCUT2D eigenvalue weighted by atomic mass is 10.2. The van der Waals surface area contributed by atoms with Crippen LogP contribution in [0.5, 0.6) is 0 Å². The van der Waals surface area contributed by atoms with E-state index in [4.69, 9.17) is 0 Å². The van der Waals surface area contributed by atoms with Gasteiger partial charge in [0.05, 0.1) is 5.69 Å². The van der Waals surface area contributed by atoms with Crippen LogP contribution in [0.1, 0.15) is 17.3 Å². The third-order valence-electron chi connectivity index (χ3n) is 3.28. The van der Waals surface area contributed by atoms with Gasteiger partial charge in [-0.05, 0) is 17.7 Å². The average Bonchev–Trinajstić information content (AvgIpc) is 2.99. The number of hydrogen-bond donors (Lipinski definition) is 1. The van der Waals surface area contributed by atoms with Crippen LogP contribution in [0.3, 0.4) is 0 Å². The summed E-state index contributed by atoms with van der Waals surface area (Å²) in [6.07, 6.45) is 3.44. The van der Waals surface area contributed by atoms with E-state index in [1.54, 1.807) is 12.4 Å². The van der Waals surface area contributed by atoms with Gasteiger partial charge < -0.3 is 5.32 Å². The molecular weight excluding hydrogens is 276 g/mol. The third-order valence-corrected chi connectivity index (χ3v) is 3.28. The number of hydrogen-bond acceptors (Lipinski definition) is 4. The van der Waals surface area contributed by atoms with Gasteiger partial charge in [-0.25, -0.2) is 0 Å². The smallest absolute Gasteiger partial charge is 0.245 e. The minimum absolute atomic E-state index is 0.134. The lowest BCUT2D eigenvalue weighted by molar-refractivity contribution is 0.0924. The molecule has 0 bridgehead atoms. The molecule has 0 aliphatic carbocycles. The number of benzene rings is 1. The van der Waals surface area contributed by atoms with Gasteiger partial charge in [0.15, 0.2) is 0 Å². The first kappa shape index (κ1) is 14.0. The van der Waals surface area contributed by atoms with Gasteiger partial charge in [-0.2, -0.15) is 9.78 Å². The quantitative estimate of drug-likeness (QED) is 0.802. The molecule has 3 aromatic rings. The maximum atomic E-state index is 11.8. The van der Waals surface area contributed by atoms with Crippen LogP contribution >= 0.6 is 0 Å². The first-order valence-corrected chi connectivity index (χ1v) is 7.03. The molecule has 22 heavy (non-hydrogen) atoms. The van der Waals surface area contributed by atoms with Crippen molar-refractivity contribution in [2.24, 2.45) is 0 Å². The van der Waals surface area contributed by atoms with Crippen molar-refractivity contribution in [2.45, 2.75) is 13.5 Å². The fraction of sp³-hybridized carbons (Fsp3) is 0.118. The van der Waals surface area contributed by atoms with Crippen LogP contribution in [0.2, 0.25) is 0 Å². The van der Waals surface area contributed by atoms with Crippen molar-refractivity contribution in [3.8, 4) is 11.3 Å².